The second-order valence-electron chi connectivity index (χ2n) is 6.47. The maximum atomic E-state index is 12.5. The molecule has 1 heterocycles. The van der Waals surface area contributed by atoms with Gasteiger partial charge in [-0.05, 0) is 31.2 Å². The Hall–Kier alpha value is -2.99. The van der Waals surface area contributed by atoms with Crippen LogP contribution < -0.4 is 10.9 Å². The molecule has 1 unspecified atom stereocenters. The first kappa shape index (κ1) is 18.8. The van der Waals surface area contributed by atoms with Gasteiger partial charge in [0, 0.05) is 6.54 Å². The normalized spacial score (nSPS) is 12.3. The number of rotatable bonds is 7. The number of carbonyl (C=O) groups is 1. The Labute approximate surface area is 158 Å². The van der Waals surface area contributed by atoms with E-state index in [-0.39, 0.29) is 17.5 Å². The van der Waals surface area contributed by atoms with Crippen molar-refractivity contribution in [2.24, 2.45) is 0 Å². The lowest BCUT2D eigenvalue weighted by atomic mass is 10.2. The molecule has 27 heavy (non-hydrogen) atoms. The molecule has 0 saturated carbocycles. The Kier molecular flexibility index (Phi) is 5.98. The molecule has 1 aromatic heterocycles. The van der Waals surface area contributed by atoms with Crippen LogP contribution in [0.25, 0.3) is 10.9 Å². The highest BCUT2D eigenvalue weighted by Crippen LogP contribution is 2.09. The van der Waals surface area contributed by atoms with Gasteiger partial charge < -0.3 is 10.3 Å². The standard InChI is InChI=1S/C21H24N4O2/c1-3-25(15(2)20(26)22-13-16-9-5-4-6-10-16)14-19-23-18-12-8-7-11-17(18)21(27)24-19/h4-12,15H,3,13-14H2,1-2H3,(H,22,26)(H,23,24,27). The van der Waals surface area contributed by atoms with E-state index in [4.69, 9.17) is 0 Å². The average Bonchev–Trinajstić information content (AvgIpc) is 2.70. The summed E-state index contributed by atoms with van der Waals surface area (Å²) >= 11 is 0. The topological polar surface area (TPSA) is 78.1 Å². The molecule has 3 rings (SSSR count). The summed E-state index contributed by atoms with van der Waals surface area (Å²) in [4.78, 5) is 34.1. The van der Waals surface area contributed by atoms with Crippen molar-refractivity contribution < 1.29 is 4.79 Å². The van der Waals surface area contributed by atoms with Crippen molar-refractivity contribution in [3.8, 4) is 0 Å². The van der Waals surface area contributed by atoms with Crippen molar-refractivity contribution >= 4 is 16.8 Å². The number of carbonyl (C=O) groups excluding carboxylic acids is 1. The molecule has 0 aliphatic rings. The summed E-state index contributed by atoms with van der Waals surface area (Å²) in [7, 11) is 0. The molecule has 6 heteroatoms. The summed E-state index contributed by atoms with van der Waals surface area (Å²) in [6.07, 6.45) is 0. The third-order valence-electron chi connectivity index (χ3n) is 4.66. The van der Waals surface area contributed by atoms with E-state index in [2.05, 4.69) is 15.3 Å². The molecule has 2 N–H and O–H groups in total. The number of hydrogen-bond donors (Lipinski definition) is 2. The van der Waals surface area contributed by atoms with Crippen LogP contribution in [0.1, 0.15) is 25.2 Å². The Morgan fingerprint density at radius 3 is 2.59 bits per heavy atom. The van der Waals surface area contributed by atoms with E-state index in [9.17, 15) is 9.59 Å². The van der Waals surface area contributed by atoms with Gasteiger partial charge in [-0.15, -0.1) is 0 Å². The maximum Gasteiger partial charge on any atom is 0.258 e. The zero-order valence-corrected chi connectivity index (χ0v) is 15.6. The van der Waals surface area contributed by atoms with E-state index < -0.39 is 0 Å². The van der Waals surface area contributed by atoms with Gasteiger partial charge in [0.25, 0.3) is 5.56 Å². The van der Waals surface area contributed by atoms with Gasteiger partial charge in [-0.1, -0.05) is 49.4 Å². The van der Waals surface area contributed by atoms with Crippen LogP contribution in [0.4, 0.5) is 0 Å². The molecule has 0 saturated heterocycles. The summed E-state index contributed by atoms with van der Waals surface area (Å²) in [6.45, 7) is 5.41. The van der Waals surface area contributed by atoms with Gasteiger partial charge >= 0.3 is 0 Å². The van der Waals surface area contributed by atoms with Crippen molar-refractivity contribution in [3.63, 3.8) is 0 Å². The van der Waals surface area contributed by atoms with E-state index in [1.807, 2.05) is 67.3 Å². The molecule has 0 spiro atoms. The summed E-state index contributed by atoms with van der Waals surface area (Å²) in [5.41, 5.74) is 1.56. The average molecular weight is 364 g/mol. The number of benzene rings is 2. The molecule has 0 aliphatic carbocycles. The monoisotopic (exact) mass is 364 g/mol. The highest BCUT2D eigenvalue weighted by molar-refractivity contribution is 5.81. The van der Waals surface area contributed by atoms with Crippen molar-refractivity contribution in [1.82, 2.24) is 20.2 Å². The van der Waals surface area contributed by atoms with E-state index >= 15 is 0 Å². The van der Waals surface area contributed by atoms with Crippen molar-refractivity contribution in [3.05, 3.63) is 76.3 Å². The molecule has 1 atom stereocenters. The van der Waals surface area contributed by atoms with Crippen molar-refractivity contribution in [2.45, 2.75) is 33.0 Å². The maximum absolute atomic E-state index is 12.5. The Bertz CT molecular complexity index is 969. The lowest BCUT2D eigenvalue weighted by Crippen LogP contribution is -2.44. The van der Waals surface area contributed by atoms with Crippen LogP contribution in [0, 0.1) is 0 Å². The fourth-order valence-electron chi connectivity index (χ4n) is 3.02. The zero-order valence-electron chi connectivity index (χ0n) is 15.6. The van der Waals surface area contributed by atoms with Gasteiger partial charge in [-0.3, -0.25) is 14.5 Å². The van der Waals surface area contributed by atoms with Gasteiger partial charge in [0.05, 0.1) is 23.5 Å². The van der Waals surface area contributed by atoms with E-state index in [1.54, 1.807) is 6.07 Å². The van der Waals surface area contributed by atoms with Crippen LogP contribution >= 0.6 is 0 Å². The number of fused-ring (bicyclic) bond motifs is 1. The summed E-state index contributed by atoms with van der Waals surface area (Å²) in [5, 5.41) is 3.53. The molecule has 0 bridgehead atoms. The number of nitrogens with one attached hydrogen (secondary N) is 2. The minimum Gasteiger partial charge on any atom is -0.351 e. The molecule has 3 aromatic rings. The van der Waals surface area contributed by atoms with Crippen LogP contribution in [0.3, 0.4) is 0 Å². The smallest absolute Gasteiger partial charge is 0.258 e. The zero-order chi connectivity index (χ0) is 19.2. The Morgan fingerprint density at radius 1 is 1.15 bits per heavy atom. The number of para-hydroxylation sites is 1. The summed E-state index contributed by atoms with van der Waals surface area (Å²) < 4.78 is 0. The van der Waals surface area contributed by atoms with E-state index in [1.165, 1.54) is 0 Å². The van der Waals surface area contributed by atoms with E-state index in [0.29, 0.717) is 36.4 Å². The number of nitrogens with zero attached hydrogens (tertiary/aromatic N) is 2. The van der Waals surface area contributed by atoms with Crippen LogP contribution in [0.5, 0.6) is 0 Å². The van der Waals surface area contributed by atoms with Gasteiger partial charge in [0.1, 0.15) is 5.82 Å². The van der Waals surface area contributed by atoms with Gasteiger partial charge in [0.15, 0.2) is 0 Å². The van der Waals surface area contributed by atoms with Gasteiger partial charge in [0.2, 0.25) is 5.91 Å². The number of hydrogen-bond acceptors (Lipinski definition) is 4. The predicted octanol–water partition coefficient (Wildman–Crippen LogP) is 2.45. The molecule has 6 nitrogen and oxygen atoms in total. The number of likely N-dealkylation sites (N-methyl/N-ethyl adjacent to an activating group) is 1. The predicted molar refractivity (Wildman–Crippen MR) is 106 cm³/mol. The molecular weight excluding hydrogens is 340 g/mol. The molecule has 1 amide bonds. The molecule has 0 fully saturated rings. The molecular formula is C21H24N4O2. The molecule has 2 aromatic carbocycles. The Balaban J connectivity index is 1.69. The van der Waals surface area contributed by atoms with Crippen LogP contribution in [-0.2, 0) is 17.9 Å². The fraction of sp³-hybridized carbons (Fsp3) is 0.286. The van der Waals surface area contributed by atoms with E-state index in [0.717, 1.165) is 5.56 Å². The summed E-state index contributed by atoms with van der Waals surface area (Å²) in [6, 6.07) is 16.7. The second kappa shape index (κ2) is 8.60. The van der Waals surface area contributed by atoms with Crippen LogP contribution in [0.2, 0.25) is 0 Å². The highest BCUT2D eigenvalue weighted by atomic mass is 16.2. The SMILES string of the molecule is CCN(Cc1nc2ccccc2c(=O)[nH]1)C(C)C(=O)NCc1ccccc1. The first-order chi connectivity index (χ1) is 13.1. The van der Waals surface area contributed by atoms with Crippen LogP contribution in [-0.4, -0.2) is 33.4 Å². The molecule has 0 radical (unpaired) electrons. The minimum absolute atomic E-state index is 0.0520. The lowest BCUT2D eigenvalue weighted by molar-refractivity contribution is -0.126. The minimum atomic E-state index is -0.338. The highest BCUT2D eigenvalue weighted by Gasteiger charge is 2.21. The van der Waals surface area contributed by atoms with Gasteiger partial charge in [-0.2, -0.15) is 0 Å². The van der Waals surface area contributed by atoms with Crippen LogP contribution in [0.15, 0.2) is 59.4 Å². The third kappa shape index (κ3) is 4.60. The lowest BCUT2D eigenvalue weighted by Gasteiger charge is -2.26. The number of aromatic amines is 1. The second-order valence-corrected chi connectivity index (χ2v) is 6.47. The fourth-order valence-corrected chi connectivity index (χ4v) is 3.02. The molecule has 0 aliphatic heterocycles. The first-order valence-electron chi connectivity index (χ1n) is 9.12. The number of H-pyrrole nitrogens is 1. The largest absolute Gasteiger partial charge is 0.351 e. The Morgan fingerprint density at radius 2 is 1.85 bits per heavy atom. The van der Waals surface area contributed by atoms with Crippen molar-refractivity contribution in [2.75, 3.05) is 6.54 Å². The third-order valence-corrected chi connectivity index (χ3v) is 4.66. The quantitative estimate of drug-likeness (QED) is 0.675. The number of amides is 1. The van der Waals surface area contributed by atoms with Crippen molar-refractivity contribution in [1.29, 1.82) is 0 Å². The number of aromatic nitrogens is 2. The molecule has 140 valence electrons. The first-order valence-corrected chi connectivity index (χ1v) is 9.12. The summed E-state index contributed by atoms with van der Waals surface area (Å²) in [5.74, 6) is 0.507. The van der Waals surface area contributed by atoms with Gasteiger partial charge in [-0.25, -0.2) is 4.98 Å².